The van der Waals surface area contributed by atoms with Crippen molar-refractivity contribution in [1.82, 2.24) is 10.0 Å². The lowest BCUT2D eigenvalue weighted by Gasteiger charge is -2.43. The van der Waals surface area contributed by atoms with Crippen LogP contribution in [0.15, 0.2) is 48.5 Å². The van der Waals surface area contributed by atoms with Gasteiger partial charge in [-0.2, -0.15) is 0 Å². The first-order valence-electron chi connectivity index (χ1n) is 11.2. The van der Waals surface area contributed by atoms with Crippen LogP contribution in [-0.2, 0) is 22.7 Å². The fourth-order valence-corrected chi connectivity index (χ4v) is 5.26. The van der Waals surface area contributed by atoms with Gasteiger partial charge in [-0.15, -0.1) is 0 Å². The van der Waals surface area contributed by atoms with Gasteiger partial charge in [0.15, 0.2) is 0 Å². The van der Waals surface area contributed by atoms with Crippen LogP contribution in [-0.4, -0.2) is 48.6 Å². The number of nitrogens with zero attached hydrogens (tertiary/aromatic N) is 2. The monoisotopic (exact) mass is 406 g/mol. The Balaban J connectivity index is 1.32. The van der Waals surface area contributed by atoms with Gasteiger partial charge in [0.05, 0.1) is 25.9 Å². The zero-order valence-corrected chi connectivity index (χ0v) is 17.4. The van der Waals surface area contributed by atoms with Crippen LogP contribution in [0.1, 0.15) is 41.9 Å². The molecule has 0 bridgehead atoms. The van der Waals surface area contributed by atoms with Crippen molar-refractivity contribution in [2.45, 2.75) is 44.4 Å². The molecule has 0 radical (unpaired) electrons. The van der Waals surface area contributed by atoms with Gasteiger partial charge in [0.1, 0.15) is 12.0 Å². The average molecular weight is 407 g/mol. The van der Waals surface area contributed by atoms with E-state index in [1.165, 1.54) is 16.7 Å². The van der Waals surface area contributed by atoms with E-state index in [0.717, 1.165) is 50.9 Å². The molecule has 3 aliphatic heterocycles. The number of hydrogen-bond donors (Lipinski definition) is 0. The molecule has 2 aromatic carbocycles. The highest BCUT2D eigenvalue weighted by atomic mass is 16.5. The van der Waals surface area contributed by atoms with E-state index in [-0.39, 0.29) is 6.04 Å². The van der Waals surface area contributed by atoms with Gasteiger partial charge in [0.25, 0.3) is 0 Å². The Kier molecular flexibility index (Phi) is 5.84. The van der Waals surface area contributed by atoms with Crippen LogP contribution in [0, 0.1) is 5.92 Å². The van der Waals surface area contributed by atoms with Crippen molar-refractivity contribution in [1.29, 1.82) is 0 Å². The van der Waals surface area contributed by atoms with E-state index in [0.29, 0.717) is 31.7 Å². The molecule has 0 aliphatic carbocycles. The summed E-state index contributed by atoms with van der Waals surface area (Å²) in [5.41, 5.74) is 3.90. The Morgan fingerprint density at radius 1 is 1.03 bits per heavy atom. The first-order chi connectivity index (χ1) is 14.8. The molecule has 5 heteroatoms. The third-order valence-corrected chi connectivity index (χ3v) is 6.89. The zero-order valence-electron chi connectivity index (χ0n) is 17.4. The van der Waals surface area contributed by atoms with Crippen LogP contribution < -0.4 is 4.74 Å². The van der Waals surface area contributed by atoms with E-state index in [9.17, 15) is 4.79 Å². The number of carbonyl (C=O) groups excluding carboxylic acids is 1. The van der Waals surface area contributed by atoms with Crippen molar-refractivity contribution in [3.8, 4) is 5.75 Å². The largest absolute Gasteiger partial charge is 0.493 e. The topological polar surface area (TPSA) is 42.0 Å². The summed E-state index contributed by atoms with van der Waals surface area (Å²) in [5.74, 6) is 1.77. The van der Waals surface area contributed by atoms with Gasteiger partial charge >= 0.3 is 0 Å². The number of carbonyl (C=O) groups is 1. The Bertz CT molecular complexity index is 872. The van der Waals surface area contributed by atoms with Crippen molar-refractivity contribution in [2.24, 2.45) is 5.92 Å². The average Bonchev–Trinajstić information content (AvgIpc) is 3.47. The molecule has 0 saturated carbocycles. The van der Waals surface area contributed by atoms with Crippen molar-refractivity contribution in [3.63, 3.8) is 0 Å². The van der Waals surface area contributed by atoms with Gasteiger partial charge in [-0.25, -0.2) is 10.0 Å². The predicted octanol–water partition coefficient (Wildman–Crippen LogP) is 3.78. The zero-order chi connectivity index (χ0) is 20.3. The molecule has 5 rings (SSSR count). The van der Waals surface area contributed by atoms with Crippen LogP contribution in [0.4, 0.5) is 0 Å². The number of fused-ring (bicyclic) bond motifs is 1. The summed E-state index contributed by atoms with van der Waals surface area (Å²) in [7, 11) is 0. The van der Waals surface area contributed by atoms with Crippen LogP contribution in [0.3, 0.4) is 0 Å². The standard InChI is InChI=1S/C25H30N2O3/c28-15-23-7-4-11-27(23)26-12-10-25(19-5-2-1-3-6-19)22(14-26)18-30-24-9-8-20-16-29-17-21(20)13-24/h1-3,5-6,8-9,13,15,22-23,25H,4,7,10-12,14,16-18H2/t22?,23-,25?/m0/s1. The molecule has 3 heterocycles. The number of piperidine rings is 1. The normalized spacial score (nSPS) is 27.1. The highest BCUT2D eigenvalue weighted by Crippen LogP contribution is 2.35. The molecule has 0 spiro atoms. The van der Waals surface area contributed by atoms with Gasteiger partial charge in [-0.05, 0) is 54.0 Å². The number of rotatable bonds is 6. The van der Waals surface area contributed by atoms with Gasteiger partial charge in [0.2, 0.25) is 0 Å². The minimum absolute atomic E-state index is 0.0385. The second-order valence-electron chi connectivity index (χ2n) is 8.72. The highest BCUT2D eigenvalue weighted by Gasteiger charge is 2.37. The van der Waals surface area contributed by atoms with Crippen LogP contribution >= 0.6 is 0 Å². The fraction of sp³-hybridized carbons (Fsp3) is 0.480. The number of hydrogen-bond acceptors (Lipinski definition) is 5. The van der Waals surface area contributed by atoms with E-state index in [4.69, 9.17) is 9.47 Å². The van der Waals surface area contributed by atoms with Crippen LogP contribution in [0.25, 0.3) is 0 Å². The fourth-order valence-electron chi connectivity index (χ4n) is 5.26. The SMILES string of the molecule is O=C[C@@H]1CCCN1N1CCC(c2ccccc2)C(COc2ccc3c(c2)COC3)C1. The summed E-state index contributed by atoms with van der Waals surface area (Å²) in [6, 6.07) is 17.2. The second kappa shape index (κ2) is 8.88. The lowest BCUT2D eigenvalue weighted by Crippen LogP contribution is -2.53. The third kappa shape index (κ3) is 4.02. The molecule has 2 saturated heterocycles. The molecule has 3 aliphatic rings. The Hall–Kier alpha value is -2.21. The summed E-state index contributed by atoms with van der Waals surface area (Å²) in [4.78, 5) is 11.5. The van der Waals surface area contributed by atoms with E-state index < -0.39 is 0 Å². The first kappa shape index (κ1) is 19.7. The minimum Gasteiger partial charge on any atom is -0.493 e. The molecule has 2 fully saturated rings. The molecular weight excluding hydrogens is 376 g/mol. The first-order valence-corrected chi connectivity index (χ1v) is 11.2. The van der Waals surface area contributed by atoms with Crippen LogP contribution in [0.2, 0.25) is 0 Å². The Labute approximate surface area is 178 Å². The van der Waals surface area contributed by atoms with Gasteiger partial charge in [0, 0.05) is 25.6 Å². The van der Waals surface area contributed by atoms with Gasteiger partial charge in [-0.3, -0.25) is 0 Å². The van der Waals surface area contributed by atoms with Crippen molar-refractivity contribution >= 4 is 6.29 Å². The quantitative estimate of drug-likeness (QED) is 0.683. The molecule has 5 nitrogen and oxygen atoms in total. The summed E-state index contributed by atoms with van der Waals surface area (Å²) in [6.45, 7) is 4.97. The highest BCUT2D eigenvalue weighted by molar-refractivity contribution is 5.57. The van der Waals surface area contributed by atoms with Crippen LogP contribution in [0.5, 0.6) is 5.75 Å². The molecule has 30 heavy (non-hydrogen) atoms. The third-order valence-electron chi connectivity index (χ3n) is 6.89. The summed E-state index contributed by atoms with van der Waals surface area (Å²) in [5, 5.41) is 4.71. The molecular formula is C25H30N2O3. The minimum atomic E-state index is 0.0385. The van der Waals surface area contributed by atoms with Crippen molar-refractivity contribution in [2.75, 3.05) is 26.2 Å². The Morgan fingerprint density at radius 2 is 1.90 bits per heavy atom. The summed E-state index contributed by atoms with van der Waals surface area (Å²) in [6.07, 6.45) is 4.27. The van der Waals surface area contributed by atoms with E-state index in [1.54, 1.807) is 0 Å². The maximum Gasteiger partial charge on any atom is 0.138 e. The molecule has 2 unspecified atom stereocenters. The molecule has 158 valence electrons. The number of ether oxygens (including phenoxy) is 2. The Morgan fingerprint density at radius 3 is 2.77 bits per heavy atom. The smallest absolute Gasteiger partial charge is 0.138 e. The molecule has 0 N–H and O–H groups in total. The van der Waals surface area contributed by atoms with E-state index in [2.05, 4.69) is 58.5 Å². The van der Waals surface area contributed by atoms with E-state index >= 15 is 0 Å². The second-order valence-corrected chi connectivity index (χ2v) is 8.72. The van der Waals surface area contributed by atoms with Gasteiger partial charge < -0.3 is 14.3 Å². The van der Waals surface area contributed by atoms with Gasteiger partial charge in [-0.1, -0.05) is 36.4 Å². The van der Waals surface area contributed by atoms with Crippen molar-refractivity contribution < 1.29 is 14.3 Å². The predicted molar refractivity (Wildman–Crippen MR) is 115 cm³/mol. The van der Waals surface area contributed by atoms with Crippen molar-refractivity contribution in [3.05, 3.63) is 65.2 Å². The van der Waals surface area contributed by atoms with E-state index in [1.807, 2.05) is 0 Å². The lowest BCUT2D eigenvalue weighted by atomic mass is 9.81. The molecule has 0 aromatic heterocycles. The number of aldehydes is 1. The summed E-state index contributed by atoms with van der Waals surface area (Å²) < 4.78 is 11.9. The molecule has 0 amide bonds. The number of hydrazine groups is 1. The maximum absolute atomic E-state index is 11.5. The lowest BCUT2D eigenvalue weighted by molar-refractivity contribution is -0.123. The molecule has 3 atom stereocenters. The maximum atomic E-state index is 11.5. The number of benzene rings is 2. The summed E-state index contributed by atoms with van der Waals surface area (Å²) >= 11 is 0. The molecule has 2 aromatic rings.